The zero-order chi connectivity index (χ0) is 17.1. The number of carbonyl (C=O) groups excluding carboxylic acids is 1. The SMILES string of the molecule is Cl.O=C(NC1CCCC1c1ccccc1)c1cn(C2CCNCC2)nn1. The Balaban J connectivity index is 0.00000196. The monoisotopic (exact) mass is 375 g/mol. The molecule has 0 bridgehead atoms. The van der Waals surface area contributed by atoms with Crippen LogP contribution in [0.3, 0.4) is 0 Å². The average Bonchev–Trinajstić information content (AvgIpc) is 3.33. The van der Waals surface area contributed by atoms with Crippen LogP contribution in [0, 0.1) is 0 Å². The molecule has 0 radical (unpaired) electrons. The molecule has 0 spiro atoms. The van der Waals surface area contributed by atoms with Gasteiger partial charge in [0.15, 0.2) is 5.69 Å². The van der Waals surface area contributed by atoms with Crippen LogP contribution in [-0.2, 0) is 0 Å². The summed E-state index contributed by atoms with van der Waals surface area (Å²) < 4.78 is 1.86. The van der Waals surface area contributed by atoms with Gasteiger partial charge in [-0.3, -0.25) is 4.79 Å². The van der Waals surface area contributed by atoms with E-state index in [0.29, 0.717) is 17.7 Å². The van der Waals surface area contributed by atoms with Crippen molar-refractivity contribution in [3.05, 3.63) is 47.8 Å². The zero-order valence-corrected chi connectivity index (χ0v) is 15.6. The Morgan fingerprint density at radius 1 is 1.12 bits per heavy atom. The van der Waals surface area contributed by atoms with Crippen molar-refractivity contribution in [2.24, 2.45) is 0 Å². The number of halogens is 1. The van der Waals surface area contributed by atoms with Gasteiger partial charge in [-0.1, -0.05) is 42.0 Å². The van der Waals surface area contributed by atoms with Gasteiger partial charge in [-0.2, -0.15) is 0 Å². The molecule has 140 valence electrons. The van der Waals surface area contributed by atoms with E-state index >= 15 is 0 Å². The standard InChI is InChI=1S/C19H25N5O.ClH/c25-19(18-13-24(23-22-18)15-9-11-20-12-10-15)21-17-8-4-7-16(17)14-5-2-1-3-6-14;/h1-3,5-6,13,15-17,20H,4,7-12H2,(H,21,25);1H. The van der Waals surface area contributed by atoms with Crippen molar-refractivity contribution in [3.8, 4) is 0 Å². The predicted molar refractivity (Wildman–Crippen MR) is 103 cm³/mol. The number of carbonyl (C=O) groups is 1. The van der Waals surface area contributed by atoms with Crippen LogP contribution in [0.4, 0.5) is 0 Å². The van der Waals surface area contributed by atoms with Crippen LogP contribution in [0.2, 0.25) is 0 Å². The van der Waals surface area contributed by atoms with Crippen molar-refractivity contribution in [3.63, 3.8) is 0 Å². The Morgan fingerprint density at radius 3 is 2.65 bits per heavy atom. The Kier molecular flexibility index (Phi) is 6.27. The van der Waals surface area contributed by atoms with Gasteiger partial charge in [-0.15, -0.1) is 17.5 Å². The highest BCUT2D eigenvalue weighted by Crippen LogP contribution is 2.34. The molecule has 2 aliphatic rings. The molecule has 2 unspecified atom stereocenters. The van der Waals surface area contributed by atoms with Gasteiger partial charge in [0.05, 0.1) is 12.2 Å². The molecule has 7 heteroatoms. The van der Waals surface area contributed by atoms with E-state index < -0.39 is 0 Å². The highest BCUT2D eigenvalue weighted by molar-refractivity contribution is 5.92. The fourth-order valence-electron chi connectivity index (χ4n) is 4.10. The molecular weight excluding hydrogens is 350 g/mol. The highest BCUT2D eigenvalue weighted by atomic mass is 35.5. The third-order valence-corrected chi connectivity index (χ3v) is 5.49. The number of nitrogens with one attached hydrogen (secondary N) is 2. The minimum absolute atomic E-state index is 0. The van der Waals surface area contributed by atoms with Crippen LogP contribution in [0.1, 0.15) is 60.1 Å². The van der Waals surface area contributed by atoms with Crippen LogP contribution in [-0.4, -0.2) is 40.0 Å². The summed E-state index contributed by atoms with van der Waals surface area (Å²) >= 11 is 0. The van der Waals surface area contributed by atoms with Crippen molar-refractivity contribution >= 4 is 18.3 Å². The highest BCUT2D eigenvalue weighted by Gasteiger charge is 2.30. The second kappa shape index (κ2) is 8.64. The zero-order valence-electron chi connectivity index (χ0n) is 14.8. The van der Waals surface area contributed by atoms with Crippen LogP contribution in [0.25, 0.3) is 0 Å². The van der Waals surface area contributed by atoms with E-state index in [9.17, 15) is 4.79 Å². The van der Waals surface area contributed by atoms with Crippen molar-refractivity contribution in [1.82, 2.24) is 25.6 Å². The number of hydrogen-bond donors (Lipinski definition) is 2. The molecule has 2 fully saturated rings. The molecule has 1 amide bonds. The minimum atomic E-state index is -0.104. The van der Waals surface area contributed by atoms with Crippen LogP contribution in [0.15, 0.2) is 36.5 Å². The first kappa shape index (κ1) is 18.9. The van der Waals surface area contributed by atoms with Crippen molar-refractivity contribution in [2.75, 3.05) is 13.1 Å². The lowest BCUT2D eigenvalue weighted by atomic mass is 9.94. The van der Waals surface area contributed by atoms with Gasteiger partial charge in [0.25, 0.3) is 5.91 Å². The molecule has 2 heterocycles. The largest absolute Gasteiger partial charge is 0.347 e. The van der Waals surface area contributed by atoms with Gasteiger partial charge >= 0.3 is 0 Å². The summed E-state index contributed by atoms with van der Waals surface area (Å²) in [7, 11) is 0. The lowest BCUT2D eigenvalue weighted by Gasteiger charge is -2.22. The summed E-state index contributed by atoms with van der Waals surface area (Å²) in [5, 5.41) is 14.8. The number of rotatable bonds is 4. The van der Waals surface area contributed by atoms with Gasteiger partial charge < -0.3 is 10.6 Å². The summed E-state index contributed by atoms with van der Waals surface area (Å²) in [6.45, 7) is 1.99. The number of amides is 1. The van der Waals surface area contributed by atoms with E-state index in [-0.39, 0.29) is 24.4 Å². The van der Waals surface area contributed by atoms with Crippen molar-refractivity contribution in [1.29, 1.82) is 0 Å². The average molecular weight is 376 g/mol. The van der Waals surface area contributed by atoms with Gasteiger partial charge in [0.2, 0.25) is 0 Å². The topological polar surface area (TPSA) is 71.8 Å². The number of hydrogen-bond acceptors (Lipinski definition) is 4. The number of nitrogens with zero attached hydrogens (tertiary/aromatic N) is 3. The second-order valence-corrected chi connectivity index (χ2v) is 7.09. The molecule has 26 heavy (non-hydrogen) atoms. The van der Waals surface area contributed by atoms with E-state index in [4.69, 9.17) is 0 Å². The molecule has 1 aliphatic heterocycles. The predicted octanol–water partition coefficient (Wildman–Crippen LogP) is 2.69. The fraction of sp³-hybridized carbons (Fsp3) is 0.526. The maximum Gasteiger partial charge on any atom is 0.273 e. The minimum Gasteiger partial charge on any atom is -0.347 e. The number of aromatic nitrogens is 3. The van der Waals surface area contributed by atoms with Crippen LogP contribution in [0.5, 0.6) is 0 Å². The summed E-state index contributed by atoms with van der Waals surface area (Å²) in [5.41, 5.74) is 1.74. The van der Waals surface area contributed by atoms with E-state index in [1.807, 2.05) is 10.7 Å². The first-order valence-electron chi connectivity index (χ1n) is 9.29. The molecule has 1 saturated heterocycles. The lowest BCUT2D eigenvalue weighted by Crippen LogP contribution is -2.36. The Labute approximate surface area is 160 Å². The number of benzene rings is 1. The Morgan fingerprint density at radius 2 is 1.88 bits per heavy atom. The molecule has 2 N–H and O–H groups in total. The van der Waals surface area contributed by atoms with Crippen molar-refractivity contribution in [2.45, 2.75) is 50.1 Å². The van der Waals surface area contributed by atoms with E-state index in [0.717, 1.165) is 45.2 Å². The van der Waals surface area contributed by atoms with E-state index in [2.05, 4.69) is 45.2 Å². The maximum absolute atomic E-state index is 12.6. The van der Waals surface area contributed by atoms with Gasteiger partial charge in [-0.25, -0.2) is 4.68 Å². The molecule has 6 nitrogen and oxygen atoms in total. The second-order valence-electron chi connectivity index (χ2n) is 7.09. The Bertz CT molecular complexity index is 714. The van der Waals surface area contributed by atoms with Crippen LogP contribution >= 0.6 is 12.4 Å². The van der Waals surface area contributed by atoms with Gasteiger partial charge in [0.1, 0.15) is 0 Å². The molecule has 2 atom stereocenters. The summed E-state index contributed by atoms with van der Waals surface area (Å²) in [4.78, 5) is 12.6. The molecule has 2 aromatic rings. The smallest absolute Gasteiger partial charge is 0.273 e. The molecule has 4 rings (SSSR count). The van der Waals surface area contributed by atoms with E-state index in [1.54, 1.807) is 6.20 Å². The van der Waals surface area contributed by atoms with E-state index in [1.165, 1.54) is 5.56 Å². The lowest BCUT2D eigenvalue weighted by molar-refractivity contribution is 0.0929. The molecule has 1 aromatic carbocycles. The van der Waals surface area contributed by atoms with Crippen LogP contribution < -0.4 is 10.6 Å². The number of piperidine rings is 1. The van der Waals surface area contributed by atoms with Crippen molar-refractivity contribution < 1.29 is 4.79 Å². The first-order valence-corrected chi connectivity index (χ1v) is 9.29. The molecule has 1 aromatic heterocycles. The Hall–Kier alpha value is -1.92. The third kappa shape index (κ3) is 4.07. The summed E-state index contributed by atoms with van der Waals surface area (Å²) in [6.07, 6.45) is 7.15. The van der Waals surface area contributed by atoms with Gasteiger partial charge in [0, 0.05) is 12.0 Å². The maximum atomic E-state index is 12.6. The summed E-state index contributed by atoms with van der Waals surface area (Å²) in [5.74, 6) is 0.289. The van der Waals surface area contributed by atoms with Gasteiger partial charge in [-0.05, 0) is 44.3 Å². The first-order chi connectivity index (χ1) is 12.3. The molecule has 1 aliphatic carbocycles. The fourth-order valence-corrected chi connectivity index (χ4v) is 4.10. The third-order valence-electron chi connectivity index (χ3n) is 5.49. The summed E-state index contributed by atoms with van der Waals surface area (Å²) in [6, 6.07) is 11.0. The normalized spacial score (nSPS) is 23.4. The molecular formula is C19H26ClN5O. The quantitative estimate of drug-likeness (QED) is 0.861. The molecule has 1 saturated carbocycles.